The number of benzene rings is 1. The van der Waals surface area contributed by atoms with Gasteiger partial charge in [0.05, 0.1) is 5.92 Å². The van der Waals surface area contributed by atoms with Gasteiger partial charge < -0.3 is 15.7 Å². The first-order valence-electron chi connectivity index (χ1n) is 8.34. The van der Waals surface area contributed by atoms with Crippen LogP contribution in [-0.4, -0.2) is 28.9 Å². The van der Waals surface area contributed by atoms with Crippen LogP contribution in [0.25, 0.3) is 0 Å². The molecule has 1 aliphatic carbocycles. The molecule has 24 heavy (non-hydrogen) atoms. The number of amides is 2. The molecule has 1 aromatic rings. The third-order valence-corrected chi connectivity index (χ3v) is 4.41. The number of carbonyl (C=O) groups is 3. The summed E-state index contributed by atoms with van der Waals surface area (Å²) in [6.45, 7) is 1.87. The number of carbonyl (C=O) groups excluding carboxylic acids is 2. The lowest BCUT2D eigenvalue weighted by molar-refractivity contribution is -0.142. The van der Waals surface area contributed by atoms with E-state index in [1.54, 1.807) is 24.3 Å². The molecule has 6 nitrogen and oxygen atoms in total. The van der Waals surface area contributed by atoms with Crippen molar-refractivity contribution in [2.45, 2.75) is 51.6 Å². The predicted molar refractivity (Wildman–Crippen MR) is 89.4 cm³/mol. The van der Waals surface area contributed by atoms with Gasteiger partial charge in [-0.3, -0.25) is 14.4 Å². The van der Waals surface area contributed by atoms with Crippen molar-refractivity contribution in [3.05, 3.63) is 35.4 Å². The van der Waals surface area contributed by atoms with Crippen LogP contribution in [-0.2, 0) is 16.1 Å². The second kappa shape index (κ2) is 8.47. The molecule has 6 heteroatoms. The predicted octanol–water partition coefficient (Wildman–Crippen LogP) is 2.09. The van der Waals surface area contributed by atoms with E-state index in [4.69, 9.17) is 0 Å². The van der Waals surface area contributed by atoms with E-state index in [0.717, 1.165) is 24.8 Å². The topological polar surface area (TPSA) is 95.5 Å². The highest BCUT2D eigenvalue weighted by Gasteiger charge is 2.30. The molecule has 2 rings (SSSR count). The zero-order valence-corrected chi connectivity index (χ0v) is 13.9. The van der Waals surface area contributed by atoms with Crippen LogP contribution < -0.4 is 10.6 Å². The molecule has 2 amide bonds. The Morgan fingerprint density at radius 1 is 1.08 bits per heavy atom. The van der Waals surface area contributed by atoms with Crippen LogP contribution in [0.5, 0.6) is 0 Å². The lowest BCUT2D eigenvalue weighted by Gasteiger charge is -2.23. The summed E-state index contributed by atoms with van der Waals surface area (Å²) in [6, 6.07) is 6.63. The quantitative estimate of drug-likeness (QED) is 0.719. The molecule has 0 aromatic heterocycles. The van der Waals surface area contributed by atoms with E-state index in [1.807, 2.05) is 0 Å². The van der Waals surface area contributed by atoms with Gasteiger partial charge in [-0.05, 0) is 30.5 Å². The van der Waals surface area contributed by atoms with Crippen molar-refractivity contribution in [2.75, 3.05) is 0 Å². The zero-order chi connectivity index (χ0) is 17.5. The number of carboxylic acids is 1. The lowest BCUT2D eigenvalue weighted by atomic mass is 9.94. The van der Waals surface area contributed by atoms with Crippen molar-refractivity contribution in [1.82, 2.24) is 10.6 Å². The van der Waals surface area contributed by atoms with Gasteiger partial charge >= 0.3 is 5.97 Å². The maximum atomic E-state index is 12.4. The van der Waals surface area contributed by atoms with Gasteiger partial charge in [-0.15, -0.1) is 0 Å². The number of aliphatic carboxylic acids is 1. The summed E-state index contributed by atoms with van der Waals surface area (Å²) in [5.74, 6) is -1.72. The summed E-state index contributed by atoms with van der Waals surface area (Å²) < 4.78 is 0. The summed E-state index contributed by atoms with van der Waals surface area (Å²) in [5.41, 5.74) is 1.40. The Labute approximate surface area is 141 Å². The third kappa shape index (κ3) is 5.08. The van der Waals surface area contributed by atoms with E-state index >= 15 is 0 Å². The Morgan fingerprint density at radius 3 is 2.38 bits per heavy atom. The maximum absolute atomic E-state index is 12.4. The Hall–Kier alpha value is -2.37. The molecule has 0 radical (unpaired) electrons. The van der Waals surface area contributed by atoms with Crippen LogP contribution in [0.1, 0.15) is 54.9 Å². The lowest BCUT2D eigenvalue weighted by Crippen LogP contribution is -2.42. The van der Waals surface area contributed by atoms with E-state index in [1.165, 1.54) is 6.92 Å². The average molecular weight is 332 g/mol. The van der Waals surface area contributed by atoms with Gasteiger partial charge in [0.1, 0.15) is 0 Å². The van der Waals surface area contributed by atoms with Gasteiger partial charge in [-0.25, -0.2) is 0 Å². The Bertz CT molecular complexity index is 598. The fourth-order valence-electron chi connectivity index (χ4n) is 3.03. The summed E-state index contributed by atoms with van der Waals surface area (Å²) >= 11 is 0. The first kappa shape index (κ1) is 18.0. The van der Waals surface area contributed by atoms with Gasteiger partial charge in [-0.1, -0.05) is 31.4 Å². The minimum Gasteiger partial charge on any atom is -0.481 e. The van der Waals surface area contributed by atoms with Crippen LogP contribution in [0, 0.1) is 5.92 Å². The van der Waals surface area contributed by atoms with Crippen molar-refractivity contribution >= 4 is 17.8 Å². The molecule has 2 atom stereocenters. The van der Waals surface area contributed by atoms with Crippen LogP contribution in [0.15, 0.2) is 24.3 Å². The molecule has 1 aliphatic rings. The van der Waals surface area contributed by atoms with E-state index in [9.17, 15) is 19.5 Å². The molecule has 0 spiro atoms. The van der Waals surface area contributed by atoms with E-state index in [-0.39, 0.29) is 17.9 Å². The van der Waals surface area contributed by atoms with E-state index in [2.05, 4.69) is 10.6 Å². The zero-order valence-electron chi connectivity index (χ0n) is 13.9. The van der Waals surface area contributed by atoms with E-state index in [0.29, 0.717) is 24.9 Å². The second-order valence-corrected chi connectivity index (χ2v) is 6.27. The molecular weight excluding hydrogens is 308 g/mol. The molecule has 0 saturated heterocycles. The molecule has 130 valence electrons. The van der Waals surface area contributed by atoms with Gasteiger partial charge in [0.25, 0.3) is 5.91 Å². The minimum atomic E-state index is -0.840. The van der Waals surface area contributed by atoms with Crippen LogP contribution in [0.3, 0.4) is 0 Å². The molecule has 0 aliphatic heterocycles. The number of hydrogen-bond acceptors (Lipinski definition) is 3. The van der Waals surface area contributed by atoms with Gasteiger partial charge in [0, 0.05) is 25.1 Å². The fraction of sp³-hybridized carbons (Fsp3) is 0.500. The first-order chi connectivity index (χ1) is 11.5. The Balaban J connectivity index is 1.99. The first-order valence-corrected chi connectivity index (χ1v) is 8.34. The number of nitrogens with one attached hydrogen (secondary N) is 2. The van der Waals surface area contributed by atoms with Crippen LogP contribution in [0.4, 0.5) is 0 Å². The maximum Gasteiger partial charge on any atom is 0.308 e. The molecule has 3 N–H and O–H groups in total. The highest BCUT2D eigenvalue weighted by Crippen LogP contribution is 2.24. The molecule has 1 aromatic carbocycles. The highest BCUT2D eigenvalue weighted by atomic mass is 16.4. The summed E-state index contributed by atoms with van der Waals surface area (Å²) in [4.78, 5) is 34.7. The molecule has 0 heterocycles. The van der Waals surface area contributed by atoms with E-state index < -0.39 is 11.9 Å². The number of carboxylic acid groups (broad SMARTS) is 1. The summed E-state index contributed by atoms with van der Waals surface area (Å²) in [7, 11) is 0. The highest BCUT2D eigenvalue weighted by molar-refractivity contribution is 5.94. The number of hydrogen-bond donors (Lipinski definition) is 3. The van der Waals surface area contributed by atoms with Crippen molar-refractivity contribution < 1.29 is 19.5 Å². The standard InChI is InChI=1S/C18H24N2O4/c1-12(21)19-11-13-7-9-14(10-8-13)17(22)20-16-6-4-2-3-5-15(16)18(23)24/h7-10,15-16H,2-6,11H2,1H3,(H,19,21)(H,20,22)(H,23,24)/t15-,16+/m1/s1. The van der Waals surface area contributed by atoms with Gasteiger partial charge in [0.2, 0.25) is 5.91 Å². The van der Waals surface area contributed by atoms with Gasteiger partial charge in [0.15, 0.2) is 0 Å². The molecule has 0 bridgehead atoms. The molecule has 0 unspecified atom stereocenters. The van der Waals surface area contributed by atoms with Crippen molar-refractivity contribution in [1.29, 1.82) is 0 Å². The average Bonchev–Trinajstić information content (AvgIpc) is 2.79. The van der Waals surface area contributed by atoms with Crippen molar-refractivity contribution in [2.24, 2.45) is 5.92 Å². The van der Waals surface area contributed by atoms with Crippen molar-refractivity contribution in [3.8, 4) is 0 Å². The molecule has 1 saturated carbocycles. The minimum absolute atomic E-state index is 0.107. The second-order valence-electron chi connectivity index (χ2n) is 6.27. The monoisotopic (exact) mass is 332 g/mol. The Kier molecular flexibility index (Phi) is 6.35. The number of rotatable bonds is 5. The third-order valence-electron chi connectivity index (χ3n) is 4.41. The molecule has 1 fully saturated rings. The van der Waals surface area contributed by atoms with Crippen LogP contribution >= 0.6 is 0 Å². The fourth-order valence-corrected chi connectivity index (χ4v) is 3.03. The normalized spacial score (nSPS) is 20.7. The van der Waals surface area contributed by atoms with Crippen molar-refractivity contribution in [3.63, 3.8) is 0 Å². The largest absolute Gasteiger partial charge is 0.481 e. The summed E-state index contributed by atoms with van der Waals surface area (Å²) in [6.07, 6.45) is 4.14. The van der Waals surface area contributed by atoms with Crippen LogP contribution in [0.2, 0.25) is 0 Å². The summed E-state index contributed by atoms with van der Waals surface area (Å²) in [5, 5.41) is 15.0. The van der Waals surface area contributed by atoms with Gasteiger partial charge in [-0.2, -0.15) is 0 Å². The smallest absolute Gasteiger partial charge is 0.308 e. The SMILES string of the molecule is CC(=O)NCc1ccc(C(=O)N[C@H]2CCCCC[C@H]2C(=O)O)cc1. The molecular formula is C18H24N2O4. The Morgan fingerprint density at radius 2 is 1.75 bits per heavy atom.